The molecule has 0 spiro atoms. The van der Waals surface area contributed by atoms with E-state index >= 15 is 0 Å². The van der Waals surface area contributed by atoms with Crippen LogP contribution >= 0.6 is 0 Å². The SMILES string of the molecule is COC(C)(C)CCOCCCC(C)(C)C(=N)N. The van der Waals surface area contributed by atoms with Crippen LogP contribution in [-0.4, -0.2) is 31.8 Å². The number of nitrogens with one attached hydrogen (secondary N) is 1. The van der Waals surface area contributed by atoms with Crippen molar-refractivity contribution in [2.24, 2.45) is 11.1 Å². The fourth-order valence-electron chi connectivity index (χ4n) is 1.27. The molecule has 3 N–H and O–H groups in total. The van der Waals surface area contributed by atoms with Crippen molar-refractivity contribution in [2.75, 3.05) is 20.3 Å². The number of hydrogen-bond acceptors (Lipinski definition) is 3. The molecule has 0 aliphatic heterocycles. The zero-order valence-corrected chi connectivity index (χ0v) is 11.9. The lowest BCUT2D eigenvalue weighted by Crippen LogP contribution is -2.31. The summed E-state index contributed by atoms with van der Waals surface area (Å²) in [6.07, 6.45) is 2.70. The van der Waals surface area contributed by atoms with Crippen molar-refractivity contribution >= 4 is 5.84 Å². The minimum absolute atomic E-state index is 0.112. The zero-order valence-electron chi connectivity index (χ0n) is 11.9. The molecule has 0 saturated heterocycles. The Morgan fingerprint density at radius 1 is 1.12 bits per heavy atom. The maximum Gasteiger partial charge on any atom is 0.0963 e. The third-order valence-electron chi connectivity index (χ3n) is 3.22. The second-order valence-corrected chi connectivity index (χ2v) is 5.73. The Bertz CT molecular complexity index is 238. The molecule has 4 heteroatoms. The van der Waals surface area contributed by atoms with Gasteiger partial charge in [0.05, 0.1) is 11.4 Å². The highest BCUT2D eigenvalue weighted by atomic mass is 16.5. The Balaban J connectivity index is 3.57. The standard InChI is InChI=1S/C13H28N2O2/c1-12(2,11(14)15)7-6-9-17-10-8-13(3,4)16-5/h6-10H2,1-5H3,(H3,14,15). The Labute approximate surface area is 105 Å². The third-order valence-corrected chi connectivity index (χ3v) is 3.22. The molecular formula is C13H28N2O2. The van der Waals surface area contributed by atoms with Crippen LogP contribution in [-0.2, 0) is 9.47 Å². The molecule has 0 rings (SSSR count). The van der Waals surface area contributed by atoms with Gasteiger partial charge >= 0.3 is 0 Å². The van der Waals surface area contributed by atoms with Crippen molar-refractivity contribution in [2.45, 2.75) is 52.6 Å². The van der Waals surface area contributed by atoms with Crippen LogP contribution in [0.5, 0.6) is 0 Å². The molecular weight excluding hydrogens is 216 g/mol. The highest BCUT2D eigenvalue weighted by Gasteiger charge is 2.21. The molecule has 0 aromatic rings. The van der Waals surface area contributed by atoms with Crippen molar-refractivity contribution in [3.05, 3.63) is 0 Å². The molecule has 0 atom stereocenters. The van der Waals surface area contributed by atoms with Gasteiger partial charge in [0, 0.05) is 25.7 Å². The molecule has 0 amide bonds. The third kappa shape index (κ3) is 7.34. The molecule has 102 valence electrons. The summed E-state index contributed by atoms with van der Waals surface area (Å²) in [5.74, 6) is 0.248. The van der Waals surface area contributed by atoms with E-state index < -0.39 is 0 Å². The van der Waals surface area contributed by atoms with Crippen LogP contribution in [0, 0.1) is 10.8 Å². The van der Waals surface area contributed by atoms with Gasteiger partial charge in [0.15, 0.2) is 0 Å². The van der Waals surface area contributed by atoms with E-state index in [4.69, 9.17) is 20.6 Å². The molecule has 0 aromatic carbocycles. The van der Waals surface area contributed by atoms with Crippen LogP contribution in [0.25, 0.3) is 0 Å². The number of methoxy groups -OCH3 is 1. The predicted octanol–water partition coefficient (Wildman–Crippen LogP) is 2.56. The lowest BCUT2D eigenvalue weighted by molar-refractivity contribution is -0.0105. The quantitative estimate of drug-likeness (QED) is 0.372. The highest BCUT2D eigenvalue weighted by molar-refractivity contribution is 5.82. The van der Waals surface area contributed by atoms with Crippen molar-refractivity contribution in [1.29, 1.82) is 5.41 Å². The van der Waals surface area contributed by atoms with Gasteiger partial charge in [-0.15, -0.1) is 0 Å². The van der Waals surface area contributed by atoms with Gasteiger partial charge in [-0.05, 0) is 33.1 Å². The summed E-state index contributed by atoms with van der Waals surface area (Å²) in [7, 11) is 1.72. The monoisotopic (exact) mass is 244 g/mol. The Morgan fingerprint density at radius 2 is 1.71 bits per heavy atom. The summed E-state index contributed by atoms with van der Waals surface area (Å²) in [6.45, 7) is 9.51. The van der Waals surface area contributed by atoms with Gasteiger partial charge in [-0.25, -0.2) is 0 Å². The molecule has 4 nitrogen and oxygen atoms in total. The fraction of sp³-hybridized carbons (Fsp3) is 0.923. The number of ether oxygens (including phenoxy) is 2. The molecule has 0 aromatic heterocycles. The minimum atomic E-state index is -0.213. The zero-order chi connectivity index (χ0) is 13.5. The highest BCUT2D eigenvalue weighted by Crippen LogP contribution is 2.21. The first-order valence-corrected chi connectivity index (χ1v) is 6.19. The molecule has 0 unspecified atom stereocenters. The Hall–Kier alpha value is -0.610. The van der Waals surface area contributed by atoms with Gasteiger partial charge in [0.25, 0.3) is 0 Å². The average Bonchev–Trinajstić information content (AvgIpc) is 2.23. The molecule has 0 aliphatic carbocycles. The van der Waals surface area contributed by atoms with Crippen molar-refractivity contribution in [3.8, 4) is 0 Å². The summed E-state index contributed by atoms with van der Waals surface area (Å²) in [4.78, 5) is 0. The van der Waals surface area contributed by atoms with Gasteiger partial charge in [-0.2, -0.15) is 0 Å². The van der Waals surface area contributed by atoms with E-state index in [1.54, 1.807) is 7.11 Å². The summed E-state index contributed by atoms with van der Waals surface area (Å²) in [5, 5.41) is 7.44. The maximum atomic E-state index is 7.44. The van der Waals surface area contributed by atoms with E-state index in [1.807, 2.05) is 13.8 Å². The maximum absolute atomic E-state index is 7.44. The van der Waals surface area contributed by atoms with E-state index in [1.165, 1.54) is 0 Å². The normalized spacial score (nSPS) is 12.8. The smallest absolute Gasteiger partial charge is 0.0963 e. The summed E-state index contributed by atoms with van der Waals surface area (Å²) in [5.41, 5.74) is 5.19. The van der Waals surface area contributed by atoms with Gasteiger partial charge in [0.1, 0.15) is 0 Å². The van der Waals surface area contributed by atoms with Crippen LogP contribution in [0.4, 0.5) is 0 Å². The molecule has 0 bridgehead atoms. The number of nitrogens with two attached hydrogens (primary N) is 1. The van der Waals surface area contributed by atoms with E-state index in [9.17, 15) is 0 Å². The van der Waals surface area contributed by atoms with Crippen LogP contribution in [0.15, 0.2) is 0 Å². The number of hydrogen-bond donors (Lipinski definition) is 2. The van der Waals surface area contributed by atoms with Crippen molar-refractivity contribution < 1.29 is 9.47 Å². The Morgan fingerprint density at radius 3 is 2.18 bits per heavy atom. The topological polar surface area (TPSA) is 68.3 Å². The first-order valence-electron chi connectivity index (χ1n) is 6.19. The molecule has 0 radical (unpaired) electrons. The van der Waals surface area contributed by atoms with Crippen molar-refractivity contribution in [1.82, 2.24) is 0 Å². The van der Waals surface area contributed by atoms with Gasteiger partial charge < -0.3 is 15.2 Å². The first kappa shape index (κ1) is 16.4. The van der Waals surface area contributed by atoms with Crippen LogP contribution in [0.2, 0.25) is 0 Å². The van der Waals surface area contributed by atoms with E-state index in [0.717, 1.165) is 25.9 Å². The molecule has 0 aliphatic rings. The lowest BCUT2D eigenvalue weighted by atomic mass is 9.87. The second-order valence-electron chi connectivity index (χ2n) is 5.73. The minimum Gasteiger partial charge on any atom is -0.387 e. The van der Waals surface area contributed by atoms with Gasteiger partial charge in [0.2, 0.25) is 0 Å². The van der Waals surface area contributed by atoms with E-state index in [2.05, 4.69) is 13.8 Å². The average molecular weight is 244 g/mol. The van der Waals surface area contributed by atoms with Crippen molar-refractivity contribution in [3.63, 3.8) is 0 Å². The van der Waals surface area contributed by atoms with Gasteiger partial charge in [-0.3, -0.25) is 5.41 Å². The Kier molecular flexibility index (Phi) is 6.72. The molecule has 0 fully saturated rings. The second kappa shape index (κ2) is 6.97. The summed E-state index contributed by atoms with van der Waals surface area (Å²) < 4.78 is 10.9. The lowest BCUT2D eigenvalue weighted by Gasteiger charge is -2.24. The largest absolute Gasteiger partial charge is 0.387 e. The predicted molar refractivity (Wildman–Crippen MR) is 71.5 cm³/mol. The van der Waals surface area contributed by atoms with Crippen LogP contribution in [0.3, 0.4) is 0 Å². The fourth-order valence-corrected chi connectivity index (χ4v) is 1.27. The van der Waals surface area contributed by atoms with Gasteiger partial charge in [-0.1, -0.05) is 13.8 Å². The van der Waals surface area contributed by atoms with E-state index in [-0.39, 0.29) is 16.9 Å². The number of amidine groups is 1. The molecule has 17 heavy (non-hydrogen) atoms. The number of rotatable bonds is 9. The molecule has 0 saturated carbocycles. The molecule has 0 heterocycles. The summed E-state index contributed by atoms with van der Waals surface area (Å²) >= 11 is 0. The summed E-state index contributed by atoms with van der Waals surface area (Å²) in [6, 6.07) is 0. The van der Waals surface area contributed by atoms with Crippen LogP contribution < -0.4 is 5.73 Å². The van der Waals surface area contributed by atoms with E-state index in [0.29, 0.717) is 6.61 Å². The van der Waals surface area contributed by atoms with Crippen LogP contribution in [0.1, 0.15) is 47.0 Å². The first-order chi connectivity index (χ1) is 7.71.